The predicted octanol–water partition coefficient (Wildman–Crippen LogP) is 1.44. The van der Waals surface area contributed by atoms with E-state index < -0.39 is 0 Å². The molecule has 0 spiro atoms. The van der Waals surface area contributed by atoms with Crippen molar-refractivity contribution in [1.29, 1.82) is 0 Å². The Labute approximate surface area is 78.4 Å². The highest BCUT2D eigenvalue weighted by atomic mass is 16.3. The third kappa shape index (κ3) is 1.61. The lowest BCUT2D eigenvalue weighted by atomic mass is 9.84. The van der Waals surface area contributed by atoms with Crippen LogP contribution in [0.3, 0.4) is 0 Å². The van der Waals surface area contributed by atoms with Crippen molar-refractivity contribution in [2.45, 2.75) is 37.7 Å². The standard InChI is InChI=1S/C10H16N2O/c1-12-9(6-7-11-12)8-4-2-3-5-10(8)13/h6-8,10,13H,2-5H2,1H3/t8-,10-/m0/s1. The Bertz CT molecular complexity index is 282. The van der Waals surface area contributed by atoms with E-state index in [1.165, 1.54) is 12.1 Å². The Morgan fingerprint density at radius 1 is 1.46 bits per heavy atom. The molecule has 1 fully saturated rings. The summed E-state index contributed by atoms with van der Waals surface area (Å²) in [5.41, 5.74) is 1.17. The zero-order chi connectivity index (χ0) is 9.26. The van der Waals surface area contributed by atoms with E-state index in [-0.39, 0.29) is 6.10 Å². The Balaban J connectivity index is 2.19. The zero-order valence-corrected chi connectivity index (χ0v) is 7.98. The van der Waals surface area contributed by atoms with Crippen LogP contribution in [0.2, 0.25) is 0 Å². The second kappa shape index (κ2) is 3.50. The van der Waals surface area contributed by atoms with Crippen LogP contribution in [0.15, 0.2) is 12.3 Å². The highest BCUT2D eigenvalue weighted by molar-refractivity contribution is 5.10. The summed E-state index contributed by atoms with van der Waals surface area (Å²) in [6, 6.07) is 2.01. The molecule has 3 heteroatoms. The molecule has 2 rings (SSSR count). The molecule has 1 heterocycles. The molecule has 72 valence electrons. The van der Waals surface area contributed by atoms with E-state index in [9.17, 15) is 5.11 Å². The molecule has 0 unspecified atom stereocenters. The highest BCUT2D eigenvalue weighted by Gasteiger charge is 2.26. The van der Waals surface area contributed by atoms with E-state index in [0.717, 1.165) is 19.3 Å². The van der Waals surface area contributed by atoms with Gasteiger partial charge in [0.25, 0.3) is 0 Å². The first-order valence-electron chi connectivity index (χ1n) is 4.95. The summed E-state index contributed by atoms with van der Waals surface area (Å²) < 4.78 is 1.87. The first kappa shape index (κ1) is 8.75. The molecule has 1 aromatic rings. The second-order valence-electron chi connectivity index (χ2n) is 3.84. The topological polar surface area (TPSA) is 38.0 Å². The van der Waals surface area contributed by atoms with E-state index in [1.54, 1.807) is 6.20 Å². The van der Waals surface area contributed by atoms with Crippen LogP contribution in [0.25, 0.3) is 0 Å². The fourth-order valence-electron chi connectivity index (χ4n) is 2.20. The molecule has 0 aliphatic heterocycles. The number of aromatic nitrogens is 2. The summed E-state index contributed by atoms with van der Waals surface area (Å²) >= 11 is 0. The number of hydrogen-bond acceptors (Lipinski definition) is 2. The number of aliphatic hydroxyl groups excluding tert-OH is 1. The fraction of sp³-hybridized carbons (Fsp3) is 0.700. The third-order valence-electron chi connectivity index (χ3n) is 2.97. The molecule has 1 N–H and O–H groups in total. The minimum absolute atomic E-state index is 0.163. The molecule has 2 atom stereocenters. The first-order chi connectivity index (χ1) is 6.29. The minimum atomic E-state index is -0.163. The number of hydrogen-bond donors (Lipinski definition) is 1. The molecule has 13 heavy (non-hydrogen) atoms. The van der Waals surface area contributed by atoms with E-state index in [4.69, 9.17) is 0 Å². The largest absolute Gasteiger partial charge is 0.392 e. The van der Waals surface area contributed by atoms with Gasteiger partial charge in [0, 0.05) is 24.9 Å². The van der Waals surface area contributed by atoms with Crippen LogP contribution >= 0.6 is 0 Å². The Hall–Kier alpha value is -0.830. The van der Waals surface area contributed by atoms with Crippen molar-refractivity contribution < 1.29 is 5.11 Å². The maximum Gasteiger partial charge on any atom is 0.0623 e. The molecule has 3 nitrogen and oxygen atoms in total. The number of rotatable bonds is 1. The average molecular weight is 180 g/mol. The van der Waals surface area contributed by atoms with Crippen LogP contribution in [0.4, 0.5) is 0 Å². The summed E-state index contributed by atoms with van der Waals surface area (Å²) in [4.78, 5) is 0. The van der Waals surface area contributed by atoms with Crippen LogP contribution in [0.5, 0.6) is 0 Å². The predicted molar refractivity (Wildman–Crippen MR) is 50.4 cm³/mol. The van der Waals surface area contributed by atoms with E-state index in [0.29, 0.717) is 5.92 Å². The van der Waals surface area contributed by atoms with Gasteiger partial charge in [-0.2, -0.15) is 5.10 Å². The number of aliphatic hydroxyl groups is 1. The summed E-state index contributed by atoms with van der Waals surface area (Å²) in [7, 11) is 1.94. The molecule has 0 bridgehead atoms. The molecule has 0 saturated heterocycles. The molecule has 1 aliphatic rings. The van der Waals surface area contributed by atoms with Crippen molar-refractivity contribution in [1.82, 2.24) is 9.78 Å². The Morgan fingerprint density at radius 3 is 2.85 bits per heavy atom. The molecule has 1 aromatic heterocycles. The lowest BCUT2D eigenvalue weighted by Gasteiger charge is -2.27. The van der Waals surface area contributed by atoms with Gasteiger partial charge < -0.3 is 5.11 Å². The molecule has 1 aliphatic carbocycles. The molecule has 0 radical (unpaired) electrons. The Kier molecular flexibility index (Phi) is 2.36. The fourth-order valence-corrected chi connectivity index (χ4v) is 2.20. The monoisotopic (exact) mass is 180 g/mol. The number of nitrogens with zero attached hydrogens (tertiary/aromatic N) is 2. The van der Waals surface area contributed by atoms with E-state index in [2.05, 4.69) is 5.10 Å². The maximum absolute atomic E-state index is 9.82. The van der Waals surface area contributed by atoms with E-state index >= 15 is 0 Å². The average Bonchev–Trinajstić information content (AvgIpc) is 2.52. The maximum atomic E-state index is 9.82. The van der Waals surface area contributed by atoms with Crippen molar-refractivity contribution >= 4 is 0 Å². The summed E-state index contributed by atoms with van der Waals surface area (Å²) in [5, 5.41) is 14.0. The van der Waals surface area contributed by atoms with Gasteiger partial charge in [0.1, 0.15) is 0 Å². The third-order valence-corrected chi connectivity index (χ3v) is 2.97. The molecule has 0 aromatic carbocycles. The van der Waals surface area contributed by atoms with Gasteiger partial charge in [0.15, 0.2) is 0 Å². The van der Waals surface area contributed by atoms with Crippen LogP contribution in [0, 0.1) is 0 Å². The van der Waals surface area contributed by atoms with Gasteiger partial charge in [0.2, 0.25) is 0 Å². The molecule has 0 amide bonds. The minimum Gasteiger partial charge on any atom is -0.392 e. The van der Waals surface area contributed by atoms with Crippen LogP contribution in [0.1, 0.15) is 37.3 Å². The Morgan fingerprint density at radius 2 is 2.23 bits per heavy atom. The SMILES string of the molecule is Cn1nccc1[C@@H]1CCCC[C@@H]1O. The van der Waals surface area contributed by atoms with Crippen molar-refractivity contribution in [3.8, 4) is 0 Å². The quantitative estimate of drug-likeness (QED) is 0.710. The zero-order valence-electron chi connectivity index (χ0n) is 7.98. The smallest absolute Gasteiger partial charge is 0.0623 e. The molecular formula is C10H16N2O. The van der Waals surface area contributed by atoms with Gasteiger partial charge in [-0.1, -0.05) is 12.8 Å². The van der Waals surface area contributed by atoms with Crippen LogP contribution in [-0.2, 0) is 7.05 Å². The van der Waals surface area contributed by atoms with Crippen molar-refractivity contribution in [3.63, 3.8) is 0 Å². The molecular weight excluding hydrogens is 164 g/mol. The van der Waals surface area contributed by atoms with Gasteiger partial charge >= 0.3 is 0 Å². The lowest BCUT2D eigenvalue weighted by molar-refractivity contribution is 0.103. The van der Waals surface area contributed by atoms with Crippen molar-refractivity contribution in [2.75, 3.05) is 0 Å². The van der Waals surface area contributed by atoms with Gasteiger partial charge in [-0.05, 0) is 18.9 Å². The first-order valence-corrected chi connectivity index (χ1v) is 4.95. The van der Waals surface area contributed by atoms with Gasteiger partial charge in [-0.15, -0.1) is 0 Å². The summed E-state index contributed by atoms with van der Waals surface area (Å²) in [6.07, 6.45) is 6.07. The second-order valence-corrected chi connectivity index (χ2v) is 3.84. The molecule has 1 saturated carbocycles. The summed E-state index contributed by atoms with van der Waals surface area (Å²) in [6.45, 7) is 0. The lowest BCUT2D eigenvalue weighted by Crippen LogP contribution is -2.24. The van der Waals surface area contributed by atoms with Gasteiger partial charge in [-0.25, -0.2) is 0 Å². The van der Waals surface area contributed by atoms with Gasteiger partial charge in [-0.3, -0.25) is 4.68 Å². The number of aryl methyl sites for hydroxylation is 1. The summed E-state index contributed by atoms with van der Waals surface area (Å²) in [5.74, 6) is 0.307. The van der Waals surface area contributed by atoms with Crippen molar-refractivity contribution in [3.05, 3.63) is 18.0 Å². The highest BCUT2D eigenvalue weighted by Crippen LogP contribution is 2.32. The van der Waals surface area contributed by atoms with Crippen molar-refractivity contribution in [2.24, 2.45) is 7.05 Å². The van der Waals surface area contributed by atoms with E-state index in [1.807, 2.05) is 17.8 Å². The normalized spacial score (nSPS) is 29.1. The van der Waals surface area contributed by atoms with Crippen LogP contribution in [-0.4, -0.2) is 21.0 Å². The van der Waals surface area contributed by atoms with Gasteiger partial charge in [0.05, 0.1) is 6.10 Å². The van der Waals surface area contributed by atoms with Crippen LogP contribution < -0.4 is 0 Å².